The van der Waals surface area contributed by atoms with E-state index < -0.39 is 18.2 Å². The van der Waals surface area contributed by atoms with Crippen LogP contribution in [0.2, 0.25) is 0 Å². The molecule has 0 bridgehead atoms. The number of amides is 1. The van der Waals surface area contributed by atoms with E-state index in [-0.39, 0.29) is 13.1 Å². The van der Waals surface area contributed by atoms with Gasteiger partial charge < -0.3 is 9.64 Å². The van der Waals surface area contributed by atoms with Gasteiger partial charge in [-0.1, -0.05) is 6.07 Å². The molecule has 0 spiro atoms. The van der Waals surface area contributed by atoms with Crippen LogP contribution in [0.5, 0.6) is 5.88 Å². The Hall–Kier alpha value is -1.79. The maximum atomic E-state index is 12.0. The summed E-state index contributed by atoms with van der Waals surface area (Å²) in [6, 6.07) is 5.01. The number of nitrogens with zero attached hydrogens (tertiary/aromatic N) is 2. The molecule has 1 aliphatic heterocycles. The molecule has 4 nitrogen and oxygen atoms in total. The second-order valence-corrected chi connectivity index (χ2v) is 3.62. The van der Waals surface area contributed by atoms with E-state index in [0.717, 1.165) is 0 Å². The van der Waals surface area contributed by atoms with Crippen LogP contribution in [0.1, 0.15) is 0 Å². The van der Waals surface area contributed by atoms with Gasteiger partial charge in [0, 0.05) is 12.3 Å². The number of carbonyl (C=O) groups is 1. The normalized spacial score (nSPS) is 16.5. The van der Waals surface area contributed by atoms with Crippen molar-refractivity contribution in [3.8, 4) is 5.88 Å². The Morgan fingerprint density at radius 2 is 2.12 bits per heavy atom. The van der Waals surface area contributed by atoms with Gasteiger partial charge in [-0.05, 0) is 6.07 Å². The lowest BCUT2D eigenvalue weighted by molar-refractivity contribution is -0.193. The Labute approximate surface area is 95.0 Å². The Balaban J connectivity index is 1.82. The molecule has 1 aliphatic rings. The quantitative estimate of drug-likeness (QED) is 0.788. The van der Waals surface area contributed by atoms with Crippen LogP contribution in [0.4, 0.5) is 13.2 Å². The van der Waals surface area contributed by atoms with Crippen LogP contribution in [-0.2, 0) is 4.79 Å². The molecule has 1 aromatic rings. The van der Waals surface area contributed by atoms with E-state index in [1.807, 2.05) is 0 Å². The second-order valence-electron chi connectivity index (χ2n) is 3.62. The monoisotopic (exact) mass is 246 g/mol. The molecule has 1 saturated heterocycles. The highest BCUT2D eigenvalue weighted by molar-refractivity contribution is 5.82. The number of alkyl halides is 3. The fourth-order valence-electron chi connectivity index (χ4n) is 1.45. The van der Waals surface area contributed by atoms with E-state index in [1.165, 1.54) is 6.20 Å². The van der Waals surface area contributed by atoms with E-state index >= 15 is 0 Å². The molecular weight excluding hydrogens is 237 g/mol. The topological polar surface area (TPSA) is 42.4 Å². The Morgan fingerprint density at radius 1 is 1.41 bits per heavy atom. The van der Waals surface area contributed by atoms with Crippen LogP contribution in [0, 0.1) is 0 Å². The van der Waals surface area contributed by atoms with Crippen LogP contribution in [0.3, 0.4) is 0 Å². The molecule has 7 heteroatoms. The maximum absolute atomic E-state index is 12.0. The highest BCUT2D eigenvalue weighted by Crippen LogP contribution is 2.23. The first-order valence-electron chi connectivity index (χ1n) is 4.90. The van der Waals surface area contributed by atoms with Crippen molar-refractivity contribution in [2.45, 2.75) is 12.3 Å². The van der Waals surface area contributed by atoms with E-state index in [9.17, 15) is 18.0 Å². The number of aromatic nitrogens is 1. The maximum Gasteiger partial charge on any atom is 0.471 e. The van der Waals surface area contributed by atoms with Crippen LogP contribution in [0.15, 0.2) is 24.4 Å². The first-order chi connectivity index (χ1) is 7.97. The molecule has 0 saturated carbocycles. The third-order valence-corrected chi connectivity index (χ3v) is 2.30. The molecule has 0 atom stereocenters. The Kier molecular flexibility index (Phi) is 2.91. The first kappa shape index (κ1) is 11.7. The van der Waals surface area contributed by atoms with Crippen molar-refractivity contribution < 1.29 is 22.7 Å². The third kappa shape index (κ3) is 2.66. The van der Waals surface area contributed by atoms with Gasteiger partial charge in [0.2, 0.25) is 5.88 Å². The number of hydrogen-bond acceptors (Lipinski definition) is 3. The fourth-order valence-corrected chi connectivity index (χ4v) is 1.45. The minimum Gasteiger partial charge on any atom is -0.471 e. The van der Waals surface area contributed by atoms with Gasteiger partial charge in [0.1, 0.15) is 6.10 Å². The molecule has 1 fully saturated rings. The number of halogens is 3. The average Bonchev–Trinajstić information content (AvgIpc) is 2.22. The lowest BCUT2D eigenvalue weighted by Crippen LogP contribution is -2.59. The number of carbonyl (C=O) groups excluding carboxylic acids is 1. The predicted octanol–water partition coefficient (Wildman–Crippen LogP) is 1.23. The van der Waals surface area contributed by atoms with E-state index in [0.29, 0.717) is 10.8 Å². The molecule has 1 aromatic heterocycles. The molecule has 0 radical (unpaired) electrons. The van der Waals surface area contributed by atoms with Gasteiger partial charge in [-0.25, -0.2) is 4.98 Å². The van der Waals surface area contributed by atoms with Crippen molar-refractivity contribution in [3.05, 3.63) is 24.4 Å². The second kappa shape index (κ2) is 4.23. The average molecular weight is 246 g/mol. The smallest absolute Gasteiger partial charge is 0.471 e. The molecule has 0 N–H and O–H groups in total. The largest absolute Gasteiger partial charge is 0.471 e. The fraction of sp³-hybridized carbons (Fsp3) is 0.400. The van der Waals surface area contributed by atoms with Crippen LogP contribution in [0.25, 0.3) is 0 Å². The molecule has 2 heterocycles. The van der Waals surface area contributed by atoms with Crippen molar-refractivity contribution in [2.75, 3.05) is 13.1 Å². The summed E-state index contributed by atoms with van der Waals surface area (Å²) in [5, 5.41) is 0. The summed E-state index contributed by atoms with van der Waals surface area (Å²) in [5.74, 6) is -1.48. The van der Waals surface area contributed by atoms with Gasteiger partial charge in [-0.3, -0.25) is 4.79 Å². The van der Waals surface area contributed by atoms with Gasteiger partial charge in [0.15, 0.2) is 0 Å². The molecule has 2 rings (SSSR count). The highest BCUT2D eigenvalue weighted by atomic mass is 19.4. The van der Waals surface area contributed by atoms with Gasteiger partial charge in [0.05, 0.1) is 13.1 Å². The van der Waals surface area contributed by atoms with Crippen molar-refractivity contribution in [3.63, 3.8) is 0 Å². The van der Waals surface area contributed by atoms with E-state index in [4.69, 9.17) is 4.74 Å². The van der Waals surface area contributed by atoms with Gasteiger partial charge in [-0.2, -0.15) is 13.2 Å². The van der Waals surface area contributed by atoms with Crippen molar-refractivity contribution in [1.29, 1.82) is 0 Å². The lowest BCUT2D eigenvalue weighted by Gasteiger charge is -2.38. The SMILES string of the molecule is O=C(N1CC(Oc2ccccn2)C1)C(F)(F)F. The molecular formula is C10H9F3N2O2. The summed E-state index contributed by atoms with van der Waals surface area (Å²) in [7, 11) is 0. The summed E-state index contributed by atoms with van der Waals surface area (Å²) in [6.07, 6.45) is -3.71. The Bertz CT molecular complexity index is 402. The molecule has 1 amide bonds. The van der Waals surface area contributed by atoms with E-state index in [2.05, 4.69) is 4.98 Å². The minimum atomic E-state index is -4.81. The first-order valence-corrected chi connectivity index (χ1v) is 4.90. The highest BCUT2D eigenvalue weighted by Gasteiger charge is 2.47. The van der Waals surface area contributed by atoms with E-state index in [1.54, 1.807) is 18.2 Å². The molecule has 0 aromatic carbocycles. The summed E-state index contributed by atoms with van der Waals surface area (Å²) >= 11 is 0. The molecule has 17 heavy (non-hydrogen) atoms. The number of pyridine rings is 1. The van der Waals surface area contributed by atoms with Gasteiger partial charge in [0.25, 0.3) is 0 Å². The number of ether oxygens (including phenoxy) is 1. The summed E-state index contributed by atoms with van der Waals surface area (Å²) in [6.45, 7) is -0.121. The van der Waals surface area contributed by atoms with Crippen LogP contribution >= 0.6 is 0 Å². The van der Waals surface area contributed by atoms with Crippen LogP contribution in [-0.4, -0.2) is 41.2 Å². The van der Waals surface area contributed by atoms with Gasteiger partial charge in [-0.15, -0.1) is 0 Å². The number of hydrogen-bond donors (Lipinski definition) is 0. The zero-order chi connectivity index (χ0) is 12.5. The molecule has 0 unspecified atom stereocenters. The third-order valence-electron chi connectivity index (χ3n) is 2.30. The predicted molar refractivity (Wildman–Crippen MR) is 51.3 cm³/mol. The zero-order valence-electron chi connectivity index (χ0n) is 8.65. The molecule has 0 aliphatic carbocycles. The van der Waals surface area contributed by atoms with Crippen molar-refractivity contribution >= 4 is 5.91 Å². The standard InChI is InChI=1S/C10H9F3N2O2/c11-10(12,13)9(16)15-5-7(6-15)17-8-3-1-2-4-14-8/h1-4,7H,5-6H2. The minimum absolute atomic E-state index is 0.0606. The lowest BCUT2D eigenvalue weighted by atomic mass is 10.1. The zero-order valence-corrected chi connectivity index (χ0v) is 8.65. The number of likely N-dealkylation sites (tertiary alicyclic amines) is 1. The van der Waals surface area contributed by atoms with Gasteiger partial charge >= 0.3 is 12.1 Å². The summed E-state index contributed by atoms with van der Waals surface area (Å²) < 4.78 is 41.4. The Morgan fingerprint density at radius 3 is 2.65 bits per heavy atom. The molecule has 92 valence electrons. The van der Waals surface area contributed by atoms with Crippen LogP contribution < -0.4 is 4.74 Å². The van der Waals surface area contributed by atoms with Crippen molar-refractivity contribution in [2.24, 2.45) is 0 Å². The number of rotatable bonds is 2. The van der Waals surface area contributed by atoms with Crippen molar-refractivity contribution in [1.82, 2.24) is 9.88 Å². The summed E-state index contributed by atoms with van der Waals surface area (Å²) in [4.78, 5) is 15.3. The summed E-state index contributed by atoms with van der Waals surface area (Å²) in [5.41, 5.74) is 0.